The molecular formula is C21H20FNO4S. The van der Waals surface area contributed by atoms with E-state index in [1.54, 1.807) is 49.6 Å². The van der Waals surface area contributed by atoms with Gasteiger partial charge in [0.05, 0.1) is 31.3 Å². The fourth-order valence-electron chi connectivity index (χ4n) is 2.72. The quantitative estimate of drug-likeness (QED) is 0.594. The van der Waals surface area contributed by atoms with Gasteiger partial charge in [-0.05, 0) is 60.2 Å². The molecule has 3 aromatic rings. The number of hydrogen-bond donors (Lipinski definition) is 0. The van der Waals surface area contributed by atoms with Gasteiger partial charge in [0.25, 0.3) is 10.0 Å². The van der Waals surface area contributed by atoms with Crippen LogP contribution in [0.5, 0.6) is 11.5 Å². The number of nitrogens with zero attached hydrogens (tertiary/aromatic N) is 1. The molecule has 0 amide bonds. The van der Waals surface area contributed by atoms with Crippen LogP contribution in [0.2, 0.25) is 0 Å². The molecule has 0 fully saturated rings. The zero-order valence-corrected chi connectivity index (χ0v) is 16.3. The van der Waals surface area contributed by atoms with Crippen molar-refractivity contribution in [3.8, 4) is 11.5 Å². The maximum Gasteiger partial charge on any atom is 0.264 e. The van der Waals surface area contributed by atoms with E-state index in [0.717, 1.165) is 5.56 Å². The Morgan fingerprint density at radius 2 is 1.43 bits per heavy atom. The van der Waals surface area contributed by atoms with Crippen LogP contribution >= 0.6 is 0 Å². The summed E-state index contributed by atoms with van der Waals surface area (Å²) in [7, 11) is -0.866. The third-order valence-electron chi connectivity index (χ3n) is 4.23. The first-order valence-electron chi connectivity index (χ1n) is 8.49. The molecule has 0 heterocycles. The molecule has 0 N–H and O–H groups in total. The molecule has 0 atom stereocenters. The van der Waals surface area contributed by atoms with Crippen LogP contribution in [-0.4, -0.2) is 22.6 Å². The second kappa shape index (κ2) is 8.31. The summed E-state index contributed by atoms with van der Waals surface area (Å²) in [6.07, 6.45) is 0. The van der Waals surface area contributed by atoms with Crippen molar-refractivity contribution in [2.24, 2.45) is 0 Å². The number of sulfonamides is 1. The van der Waals surface area contributed by atoms with Crippen molar-refractivity contribution in [2.75, 3.05) is 18.5 Å². The molecule has 0 aliphatic carbocycles. The summed E-state index contributed by atoms with van der Waals surface area (Å²) in [6, 6.07) is 18.6. The Balaban J connectivity index is 2.03. The number of rotatable bonds is 7. The van der Waals surface area contributed by atoms with Crippen molar-refractivity contribution in [1.29, 1.82) is 0 Å². The summed E-state index contributed by atoms with van der Waals surface area (Å²) in [5, 5.41) is 0. The molecule has 0 spiro atoms. The standard InChI is InChI=1S/C21H20FNO4S/c1-26-19-8-6-16(7-9-19)15-23(18-5-3-4-17(22)14-18)28(24,25)21-12-10-20(27-2)11-13-21/h3-14H,15H2,1-2H3. The Kier molecular flexibility index (Phi) is 5.84. The number of halogens is 1. The average Bonchev–Trinajstić information content (AvgIpc) is 2.72. The molecule has 5 nitrogen and oxygen atoms in total. The van der Waals surface area contributed by atoms with Crippen LogP contribution in [0.15, 0.2) is 77.7 Å². The van der Waals surface area contributed by atoms with Crippen LogP contribution in [0.3, 0.4) is 0 Å². The number of ether oxygens (including phenoxy) is 2. The van der Waals surface area contributed by atoms with Crippen LogP contribution in [0.25, 0.3) is 0 Å². The van der Waals surface area contributed by atoms with Gasteiger partial charge < -0.3 is 9.47 Å². The highest BCUT2D eigenvalue weighted by molar-refractivity contribution is 7.92. The minimum absolute atomic E-state index is 0.0435. The first-order chi connectivity index (χ1) is 13.4. The smallest absolute Gasteiger partial charge is 0.264 e. The molecular weight excluding hydrogens is 381 g/mol. The lowest BCUT2D eigenvalue weighted by Crippen LogP contribution is -2.30. The highest BCUT2D eigenvalue weighted by Crippen LogP contribution is 2.28. The second-order valence-corrected chi connectivity index (χ2v) is 7.88. The molecule has 3 aromatic carbocycles. The molecule has 0 radical (unpaired) electrons. The first-order valence-corrected chi connectivity index (χ1v) is 9.93. The van der Waals surface area contributed by atoms with E-state index in [2.05, 4.69) is 0 Å². The maximum absolute atomic E-state index is 13.8. The van der Waals surface area contributed by atoms with Gasteiger partial charge >= 0.3 is 0 Å². The van der Waals surface area contributed by atoms with Crippen LogP contribution in [0, 0.1) is 5.82 Å². The van der Waals surface area contributed by atoms with E-state index >= 15 is 0 Å². The molecule has 0 saturated carbocycles. The van der Waals surface area contributed by atoms with Crippen LogP contribution in [-0.2, 0) is 16.6 Å². The summed E-state index contributed by atoms with van der Waals surface area (Å²) in [6.45, 7) is 0.0435. The van der Waals surface area contributed by atoms with E-state index < -0.39 is 15.8 Å². The van der Waals surface area contributed by atoms with E-state index in [9.17, 15) is 12.8 Å². The highest BCUT2D eigenvalue weighted by atomic mass is 32.2. The fraction of sp³-hybridized carbons (Fsp3) is 0.143. The van der Waals surface area contributed by atoms with Gasteiger partial charge in [-0.1, -0.05) is 18.2 Å². The molecule has 0 aliphatic heterocycles. The van der Waals surface area contributed by atoms with Gasteiger partial charge in [0.15, 0.2) is 0 Å². The third-order valence-corrected chi connectivity index (χ3v) is 6.02. The number of methoxy groups -OCH3 is 2. The minimum atomic E-state index is -3.93. The van der Waals surface area contributed by atoms with Crippen molar-refractivity contribution in [1.82, 2.24) is 0 Å². The highest BCUT2D eigenvalue weighted by Gasteiger charge is 2.25. The van der Waals surface area contributed by atoms with Crippen LogP contribution in [0.4, 0.5) is 10.1 Å². The van der Waals surface area contributed by atoms with Crippen LogP contribution < -0.4 is 13.8 Å². The van der Waals surface area contributed by atoms with Crippen molar-refractivity contribution < 1.29 is 22.3 Å². The number of benzene rings is 3. The lowest BCUT2D eigenvalue weighted by molar-refractivity contribution is 0.414. The van der Waals surface area contributed by atoms with Gasteiger partial charge in [-0.2, -0.15) is 0 Å². The predicted molar refractivity (Wildman–Crippen MR) is 106 cm³/mol. The Bertz CT molecular complexity index is 1030. The summed E-state index contributed by atoms with van der Waals surface area (Å²) >= 11 is 0. The monoisotopic (exact) mass is 401 g/mol. The zero-order valence-electron chi connectivity index (χ0n) is 15.5. The number of hydrogen-bond acceptors (Lipinski definition) is 4. The molecule has 0 aromatic heterocycles. The largest absolute Gasteiger partial charge is 0.497 e. The molecule has 146 valence electrons. The van der Waals surface area contributed by atoms with Gasteiger partial charge in [0.2, 0.25) is 0 Å². The third kappa shape index (κ3) is 4.26. The summed E-state index contributed by atoms with van der Waals surface area (Å²) in [5.74, 6) is 0.702. The van der Waals surface area contributed by atoms with E-state index in [0.29, 0.717) is 11.5 Å². The molecule has 0 saturated heterocycles. The van der Waals surface area contributed by atoms with Crippen molar-refractivity contribution in [3.05, 3.63) is 84.2 Å². The maximum atomic E-state index is 13.8. The minimum Gasteiger partial charge on any atom is -0.497 e. The molecule has 28 heavy (non-hydrogen) atoms. The molecule has 0 unspecified atom stereocenters. The van der Waals surface area contributed by atoms with E-state index in [4.69, 9.17) is 9.47 Å². The lowest BCUT2D eigenvalue weighted by Gasteiger charge is -2.25. The first kappa shape index (κ1) is 19.7. The normalized spacial score (nSPS) is 11.1. The zero-order chi connectivity index (χ0) is 20.1. The van der Waals surface area contributed by atoms with Gasteiger partial charge in [-0.15, -0.1) is 0 Å². The molecule has 3 rings (SSSR count). The van der Waals surface area contributed by atoms with E-state index in [1.165, 1.54) is 41.7 Å². The second-order valence-electron chi connectivity index (χ2n) is 6.02. The Hall–Kier alpha value is -3.06. The molecule has 0 bridgehead atoms. The summed E-state index contributed by atoms with van der Waals surface area (Å²) in [5.41, 5.74) is 0.980. The van der Waals surface area contributed by atoms with Gasteiger partial charge in [0.1, 0.15) is 17.3 Å². The number of anilines is 1. The lowest BCUT2D eigenvalue weighted by atomic mass is 10.2. The van der Waals surface area contributed by atoms with Crippen molar-refractivity contribution in [2.45, 2.75) is 11.4 Å². The predicted octanol–water partition coefficient (Wildman–Crippen LogP) is 4.24. The van der Waals surface area contributed by atoms with E-state index in [1.807, 2.05) is 0 Å². The summed E-state index contributed by atoms with van der Waals surface area (Å²) < 4.78 is 51.8. The van der Waals surface area contributed by atoms with Crippen molar-refractivity contribution in [3.63, 3.8) is 0 Å². The molecule has 7 heteroatoms. The average molecular weight is 401 g/mol. The Morgan fingerprint density at radius 1 is 0.857 bits per heavy atom. The SMILES string of the molecule is COc1ccc(CN(c2cccc(F)c2)S(=O)(=O)c2ccc(OC)cc2)cc1. The fourth-order valence-corrected chi connectivity index (χ4v) is 4.16. The van der Waals surface area contributed by atoms with Crippen molar-refractivity contribution >= 4 is 15.7 Å². The van der Waals surface area contributed by atoms with Gasteiger partial charge in [0, 0.05) is 0 Å². The van der Waals surface area contributed by atoms with Crippen LogP contribution in [0.1, 0.15) is 5.56 Å². The summed E-state index contributed by atoms with van der Waals surface area (Å²) in [4.78, 5) is 0.0890. The van der Waals surface area contributed by atoms with Gasteiger partial charge in [-0.3, -0.25) is 4.31 Å². The Labute approximate surface area is 164 Å². The van der Waals surface area contributed by atoms with Gasteiger partial charge in [-0.25, -0.2) is 12.8 Å². The van der Waals surface area contributed by atoms with E-state index in [-0.39, 0.29) is 17.1 Å². The Morgan fingerprint density at radius 3 is 1.96 bits per heavy atom. The topological polar surface area (TPSA) is 55.8 Å². The molecule has 0 aliphatic rings.